The number of nitrogens with one attached hydrogen (secondary N) is 1. The van der Waals surface area contributed by atoms with Gasteiger partial charge in [0.15, 0.2) is 0 Å². The number of allylic oxidation sites excluding steroid dienone is 2. The van der Waals surface area contributed by atoms with E-state index < -0.39 is 11.5 Å². The van der Waals surface area contributed by atoms with E-state index in [4.69, 9.17) is 4.74 Å². The third-order valence-corrected chi connectivity index (χ3v) is 6.30. The van der Waals surface area contributed by atoms with E-state index in [-0.39, 0.29) is 49.4 Å². The van der Waals surface area contributed by atoms with Gasteiger partial charge in [0.05, 0.1) is 30.0 Å². The molecule has 1 saturated heterocycles. The second kappa shape index (κ2) is 13.8. The van der Waals surface area contributed by atoms with Crippen molar-refractivity contribution >= 4 is 17.8 Å². The molecule has 3 atom stereocenters. The number of aliphatic hydroxyl groups is 1. The summed E-state index contributed by atoms with van der Waals surface area (Å²) in [4.78, 5) is 40.3. The Hall–Kier alpha value is -2.93. The summed E-state index contributed by atoms with van der Waals surface area (Å²) in [6.45, 7) is 11.6. The van der Waals surface area contributed by atoms with Gasteiger partial charge in [0.1, 0.15) is 6.61 Å². The predicted octanol–water partition coefficient (Wildman–Crippen LogP) is 3.43. The molecule has 0 aliphatic carbocycles. The van der Waals surface area contributed by atoms with Crippen molar-refractivity contribution in [1.29, 1.82) is 0 Å². The Kier molecular flexibility index (Phi) is 11.2. The minimum absolute atomic E-state index is 0.00741. The van der Waals surface area contributed by atoms with Crippen molar-refractivity contribution in [2.75, 3.05) is 19.8 Å². The Morgan fingerprint density at radius 3 is 2.46 bits per heavy atom. The molecule has 7 heteroatoms. The summed E-state index contributed by atoms with van der Waals surface area (Å²) in [6, 6.07) is 9.56. The number of carbonyl (C=O) groups is 3. The third kappa shape index (κ3) is 8.98. The number of rotatable bonds is 14. The molecule has 1 aliphatic rings. The molecule has 2 N–H and O–H groups in total. The predicted molar refractivity (Wildman–Crippen MR) is 136 cm³/mol. The summed E-state index contributed by atoms with van der Waals surface area (Å²) in [5, 5.41) is 12.4. The minimum atomic E-state index is -0.817. The van der Waals surface area contributed by atoms with Crippen LogP contribution >= 0.6 is 0 Å². The summed E-state index contributed by atoms with van der Waals surface area (Å²) in [6.07, 6.45) is 6.40. The maximum Gasteiger partial charge on any atom is 0.309 e. The highest BCUT2D eigenvalue weighted by Gasteiger charge is 2.33. The van der Waals surface area contributed by atoms with E-state index in [1.165, 1.54) is 0 Å². The fourth-order valence-corrected chi connectivity index (χ4v) is 4.37. The monoisotopic (exact) mass is 484 g/mol. The Labute approximate surface area is 209 Å². The molecule has 0 spiro atoms. The summed E-state index contributed by atoms with van der Waals surface area (Å²) in [5.74, 6) is -1.70. The SMILES string of the molecule is C=CC[C@H](CC(=O)N1CCC[C@H]1CO)C(=O)NC(C)(C)COC(=O)[C@H](CC=C)Cc1ccccc1. The lowest BCUT2D eigenvalue weighted by molar-refractivity contribution is -0.151. The zero-order chi connectivity index (χ0) is 25.8. The van der Waals surface area contributed by atoms with E-state index in [0.717, 1.165) is 18.4 Å². The molecule has 0 saturated carbocycles. The maximum atomic E-state index is 13.0. The highest BCUT2D eigenvalue weighted by molar-refractivity contribution is 5.86. The quantitative estimate of drug-likeness (QED) is 0.312. The first-order chi connectivity index (χ1) is 16.7. The van der Waals surface area contributed by atoms with Gasteiger partial charge in [0.25, 0.3) is 0 Å². The smallest absolute Gasteiger partial charge is 0.309 e. The van der Waals surface area contributed by atoms with Gasteiger partial charge in [-0.2, -0.15) is 0 Å². The molecule has 35 heavy (non-hydrogen) atoms. The van der Waals surface area contributed by atoms with Gasteiger partial charge in [0.2, 0.25) is 11.8 Å². The Bertz CT molecular complexity index is 867. The fourth-order valence-electron chi connectivity index (χ4n) is 4.37. The standard InChI is InChI=1S/C28H40N2O5/c1-5-11-22(18-25(32)30-16-10-15-24(30)19-31)26(33)29-28(3,4)20-35-27(34)23(12-6-2)17-21-13-8-7-9-14-21/h5-9,13-14,22-24,31H,1-2,10-12,15-20H2,3-4H3,(H,29,33)/t22-,23-,24+/m1/s1. The van der Waals surface area contributed by atoms with Crippen LogP contribution < -0.4 is 5.32 Å². The summed E-state index contributed by atoms with van der Waals surface area (Å²) >= 11 is 0. The van der Waals surface area contributed by atoms with Gasteiger partial charge in [-0.15, -0.1) is 13.2 Å². The topological polar surface area (TPSA) is 95.9 Å². The number of esters is 1. The zero-order valence-corrected chi connectivity index (χ0v) is 21.1. The molecule has 0 bridgehead atoms. The van der Waals surface area contributed by atoms with Crippen LogP contribution in [0.15, 0.2) is 55.6 Å². The van der Waals surface area contributed by atoms with Crippen molar-refractivity contribution in [3.05, 3.63) is 61.2 Å². The number of hydrogen-bond donors (Lipinski definition) is 2. The lowest BCUT2D eigenvalue weighted by atomic mass is 9.96. The van der Waals surface area contributed by atoms with Crippen LogP contribution in [0.4, 0.5) is 0 Å². The van der Waals surface area contributed by atoms with Gasteiger partial charge >= 0.3 is 5.97 Å². The molecular formula is C28H40N2O5. The van der Waals surface area contributed by atoms with Crippen molar-refractivity contribution in [3.8, 4) is 0 Å². The van der Waals surface area contributed by atoms with Gasteiger partial charge in [0, 0.05) is 13.0 Å². The number of amides is 2. The Morgan fingerprint density at radius 2 is 1.83 bits per heavy atom. The fraction of sp³-hybridized carbons (Fsp3) is 0.536. The van der Waals surface area contributed by atoms with E-state index in [9.17, 15) is 19.5 Å². The summed E-state index contributed by atoms with van der Waals surface area (Å²) in [5.41, 5.74) is 0.226. The van der Waals surface area contributed by atoms with Gasteiger partial charge in [-0.25, -0.2) is 0 Å². The van der Waals surface area contributed by atoms with Crippen molar-refractivity contribution in [2.45, 2.75) is 64.0 Å². The molecule has 0 radical (unpaired) electrons. The number of likely N-dealkylation sites (tertiary alicyclic amines) is 1. The molecular weight excluding hydrogens is 444 g/mol. The van der Waals surface area contributed by atoms with Crippen LogP contribution in [0.2, 0.25) is 0 Å². The van der Waals surface area contributed by atoms with Crippen molar-refractivity contribution in [2.24, 2.45) is 11.8 Å². The highest BCUT2D eigenvalue weighted by atomic mass is 16.5. The van der Waals surface area contributed by atoms with Crippen LogP contribution in [0.5, 0.6) is 0 Å². The van der Waals surface area contributed by atoms with Crippen LogP contribution in [0.1, 0.15) is 51.5 Å². The second-order valence-electron chi connectivity index (χ2n) is 9.88. The first-order valence-corrected chi connectivity index (χ1v) is 12.4. The van der Waals surface area contributed by atoms with Crippen LogP contribution in [-0.4, -0.2) is 59.1 Å². The third-order valence-electron chi connectivity index (χ3n) is 6.30. The number of nitrogens with zero attached hydrogens (tertiary/aromatic N) is 1. The molecule has 0 unspecified atom stereocenters. The van der Waals surface area contributed by atoms with E-state index in [1.807, 2.05) is 30.3 Å². The molecule has 2 rings (SSSR count). The van der Waals surface area contributed by atoms with Gasteiger partial charge in [-0.3, -0.25) is 14.4 Å². The number of aliphatic hydroxyl groups excluding tert-OH is 1. The zero-order valence-electron chi connectivity index (χ0n) is 21.1. The first kappa shape index (κ1) is 28.3. The lowest BCUT2D eigenvalue weighted by Gasteiger charge is -2.30. The molecule has 1 fully saturated rings. The second-order valence-corrected chi connectivity index (χ2v) is 9.88. The van der Waals surface area contributed by atoms with Crippen molar-refractivity contribution in [1.82, 2.24) is 10.2 Å². The molecule has 2 amide bonds. The largest absolute Gasteiger partial charge is 0.463 e. The van der Waals surface area contributed by atoms with E-state index in [2.05, 4.69) is 18.5 Å². The van der Waals surface area contributed by atoms with Gasteiger partial charge in [-0.1, -0.05) is 42.5 Å². The summed E-state index contributed by atoms with van der Waals surface area (Å²) in [7, 11) is 0. The number of ether oxygens (including phenoxy) is 1. The maximum absolute atomic E-state index is 13.0. The molecule has 7 nitrogen and oxygen atoms in total. The van der Waals surface area contributed by atoms with Crippen LogP contribution in [-0.2, 0) is 25.5 Å². The van der Waals surface area contributed by atoms with Crippen LogP contribution in [0.25, 0.3) is 0 Å². The van der Waals surface area contributed by atoms with Crippen LogP contribution in [0.3, 0.4) is 0 Å². The first-order valence-electron chi connectivity index (χ1n) is 12.4. The molecule has 1 aliphatic heterocycles. The average Bonchev–Trinajstić information content (AvgIpc) is 3.31. The minimum Gasteiger partial charge on any atom is -0.463 e. The molecule has 192 valence electrons. The van der Waals surface area contributed by atoms with Gasteiger partial charge in [-0.05, 0) is 51.5 Å². The molecule has 1 heterocycles. The van der Waals surface area contributed by atoms with E-state index >= 15 is 0 Å². The molecule has 0 aromatic heterocycles. The van der Waals surface area contributed by atoms with E-state index in [1.54, 1.807) is 30.9 Å². The number of carbonyl (C=O) groups excluding carboxylic acids is 3. The Balaban J connectivity index is 1.94. The van der Waals surface area contributed by atoms with E-state index in [0.29, 0.717) is 25.8 Å². The van der Waals surface area contributed by atoms with Gasteiger partial charge < -0.3 is 20.1 Å². The molecule has 1 aromatic rings. The highest BCUT2D eigenvalue weighted by Crippen LogP contribution is 2.22. The van der Waals surface area contributed by atoms with Crippen LogP contribution in [0, 0.1) is 11.8 Å². The Morgan fingerprint density at radius 1 is 1.17 bits per heavy atom. The lowest BCUT2D eigenvalue weighted by Crippen LogP contribution is -2.50. The van der Waals surface area contributed by atoms with Crippen molar-refractivity contribution < 1.29 is 24.2 Å². The molecule has 1 aromatic carbocycles. The normalized spacial score (nSPS) is 17.3. The average molecular weight is 485 g/mol. The number of hydrogen-bond acceptors (Lipinski definition) is 5. The number of benzene rings is 1. The van der Waals surface area contributed by atoms with Crippen molar-refractivity contribution in [3.63, 3.8) is 0 Å². The summed E-state index contributed by atoms with van der Waals surface area (Å²) < 4.78 is 5.60.